The van der Waals surface area contributed by atoms with Gasteiger partial charge in [-0.05, 0) is 32.0 Å². The molecule has 0 atom stereocenters. The zero-order valence-corrected chi connectivity index (χ0v) is 16.1. The third-order valence-electron chi connectivity index (χ3n) is 4.61. The van der Waals surface area contributed by atoms with Crippen LogP contribution in [0.15, 0.2) is 24.7 Å². The number of aromatic nitrogens is 4. The highest BCUT2D eigenvalue weighted by molar-refractivity contribution is 6.32. The summed E-state index contributed by atoms with van der Waals surface area (Å²) < 4.78 is 20.4. The summed E-state index contributed by atoms with van der Waals surface area (Å²) in [5.41, 5.74) is 6.58. The molecule has 4 rings (SSSR count). The van der Waals surface area contributed by atoms with Crippen LogP contribution < -0.4 is 21.1 Å². The Morgan fingerprint density at radius 1 is 1.41 bits per heavy atom. The minimum atomic E-state index is -0.769. The molecule has 1 saturated heterocycles. The summed E-state index contributed by atoms with van der Waals surface area (Å²) in [6.07, 6.45) is 6.01. The number of halogens is 2. The van der Waals surface area contributed by atoms with Gasteiger partial charge in [0.15, 0.2) is 17.2 Å². The molecule has 0 unspecified atom stereocenters. The Labute approximate surface area is 170 Å². The fourth-order valence-electron chi connectivity index (χ4n) is 3.17. The molecule has 1 amide bonds. The molecule has 1 fully saturated rings. The molecule has 0 aromatic carbocycles. The quantitative estimate of drug-likeness (QED) is 0.580. The number of carbonyl (C=O) groups excluding carboxylic acids is 1. The number of piperidine rings is 1. The second-order valence-electron chi connectivity index (χ2n) is 6.60. The van der Waals surface area contributed by atoms with Crippen LogP contribution in [-0.4, -0.2) is 44.7 Å². The zero-order valence-electron chi connectivity index (χ0n) is 15.4. The Kier molecular flexibility index (Phi) is 5.45. The van der Waals surface area contributed by atoms with Gasteiger partial charge in [0, 0.05) is 12.4 Å². The summed E-state index contributed by atoms with van der Waals surface area (Å²) in [5, 5.41) is 10.3. The van der Waals surface area contributed by atoms with Crippen LogP contribution in [0.25, 0.3) is 5.65 Å². The lowest BCUT2D eigenvalue weighted by atomic mass is 10.1. The fraction of sp³-hybridized carbons (Fsp3) is 0.333. The molecule has 3 aromatic heterocycles. The number of nitrogens with one attached hydrogen (secondary N) is 2. The predicted octanol–water partition coefficient (Wildman–Crippen LogP) is 2.21. The van der Waals surface area contributed by atoms with Crippen molar-refractivity contribution in [1.29, 1.82) is 0 Å². The van der Waals surface area contributed by atoms with Gasteiger partial charge in [0.1, 0.15) is 29.1 Å². The molecule has 1 aliphatic heterocycles. The van der Waals surface area contributed by atoms with Crippen molar-refractivity contribution < 1.29 is 13.9 Å². The van der Waals surface area contributed by atoms with Crippen molar-refractivity contribution in [3.63, 3.8) is 0 Å². The number of nitrogens with two attached hydrogens (primary N) is 1. The zero-order chi connectivity index (χ0) is 20.4. The second-order valence-corrected chi connectivity index (χ2v) is 7.01. The van der Waals surface area contributed by atoms with E-state index >= 15 is 0 Å². The lowest BCUT2D eigenvalue weighted by molar-refractivity contribution is 0.102. The van der Waals surface area contributed by atoms with Crippen LogP contribution in [0.3, 0.4) is 0 Å². The molecule has 0 spiro atoms. The van der Waals surface area contributed by atoms with Gasteiger partial charge in [0.2, 0.25) is 0 Å². The van der Waals surface area contributed by atoms with E-state index in [-0.39, 0.29) is 33.8 Å². The van der Waals surface area contributed by atoms with Gasteiger partial charge < -0.3 is 21.1 Å². The molecule has 4 N–H and O–H groups in total. The molecule has 29 heavy (non-hydrogen) atoms. The van der Waals surface area contributed by atoms with Crippen LogP contribution in [-0.2, 0) is 6.67 Å². The monoisotopic (exact) mass is 419 g/mol. The Hall–Kier alpha value is -2.98. The van der Waals surface area contributed by atoms with Crippen molar-refractivity contribution >= 4 is 34.7 Å². The fourth-order valence-corrected chi connectivity index (χ4v) is 3.38. The van der Waals surface area contributed by atoms with Gasteiger partial charge in [0.25, 0.3) is 5.91 Å². The number of alkyl halides is 1. The van der Waals surface area contributed by atoms with Crippen LogP contribution in [0, 0.1) is 0 Å². The van der Waals surface area contributed by atoms with Crippen LogP contribution in [0.1, 0.15) is 28.9 Å². The number of nitrogens with zero attached hydrogens (tertiary/aromatic N) is 4. The van der Waals surface area contributed by atoms with Crippen LogP contribution >= 0.6 is 11.6 Å². The molecule has 152 valence electrons. The van der Waals surface area contributed by atoms with Gasteiger partial charge in [-0.2, -0.15) is 0 Å². The first-order chi connectivity index (χ1) is 14.1. The number of anilines is 2. The van der Waals surface area contributed by atoms with E-state index in [1.54, 1.807) is 0 Å². The first-order valence-corrected chi connectivity index (χ1v) is 9.46. The summed E-state index contributed by atoms with van der Waals surface area (Å²) in [5.74, 6) is -0.253. The van der Waals surface area contributed by atoms with Crippen molar-refractivity contribution in [2.45, 2.75) is 25.6 Å². The lowest BCUT2D eigenvalue weighted by Gasteiger charge is -2.25. The van der Waals surface area contributed by atoms with E-state index in [0.717, 1.165) is 25.9 Å². The van der Waals surface area contributed by atoms with E-state index in [1.165, 1.54) is 29.2 Å². The molecule has 9 nitrogen and oxygen atoms in total. The number of nitrogen functional groups attached to an aromatic ring is 1. The minimum Gasteiger partial charge on any atom is -0.486 e. The Morgan fingerprint density at radius 3 is 2.97 bits per heavy atom. The smallest absolute Gasteiger partial charge is 0.263 e. The summed E-state index contributed by atoms with van der Waals surface area (Å²) in [6, 6.07) is 1.47. The lowest BCUT2D eigenvalue weighted by Crippen LogP contribution is -2.34. The largest absolute Gasteiger partial charge is 0.486 e. The summed E-state index contributed by atoms with van der Waals surface area (Å²) in [4.78, 5) is 21.1. The highest BCUT2D eigenvalue weighted by Crippen LogP contribution is 2.34. The maximum atomic E-state index is 13.0. The molecular formula is C18H19ClFN7O2. The maximum Gasteiger partial charge on any atom is 0.263 e. The van der Waals surface area contributed by atoms with Gasteiger partial charge in [-0.3, -0.25) is 9.78 Å². The summed E-state index contributed by atoms with van der Waals surface area (Å²) in [6.45, 7) is 0.919. The molecule has 3 aromatic rings. The summed E-state index contributed by atoms with van der Waals surface area (Å²) in [7, 11) is 0. The SMILES string of the molecule is Nc1nn2ccc(CF)nc2c1C(=O)Nc1cncc(Cl)c1OC1CCNCC1. The number of hydrogen-bond donors (Lipinski definition) is 3. The van der Waals surface area contributed by atoms with Crippen molar-refractivity contribution in [2.75, 3.05) is 24.1 Å². The maximum absolute atomic E-state index is 13.0. The molecule has 1 aliphatic rings. The summed E-state index contributed by atoms with van der Waals surface area (Å²) >= 11 is 6.27. The predicted molar refractivity (Wildman–Crippen MR) is 106 cm³/mol. The number of fused-ring (bicyclic) bond motifs is 1. The number of amides is 1. The van der Waals surface area contributed by atoms with Crippen LogP contribution in [0.4, 0.5) is 15.9 Å². The highest BCUT2D eigenvalue weighted by Gasteiger charge is 2.23. The number of ether oxygens (including phenoxy) is 1. The number of rotatable bonds is 5. The molecule has 11 heteroatoms. The highest BCUT2D eigenvalue weighted by atomic mass is 35.5. The van der Waals surface area contributed by atoms with Crippen molar-refractivity contribution in [3.05, 3.63) is 40.9 Å². The van der Waals surface area contributed by atoms with E-state index in [4.69, 9.17) is 22.1 Å². The van der Waals surface area contributed by atoms with Crippen molar-refractivity contribution in [2.24, 2.45) is 0 Å². The van der Waals surface area contributed by atoms with Gasteiger partial charge in [-0.1, -0.05) is 11.6 Å². The first-order valence-electron chi connectivity index (χ1n) is 9.08. The van der Waals surface area contributed by atoms with Crippen molar-refractivity contribution in [1.82, 2.24) is 24.9 Å². The minimum absolute atomic E-state index is 0.0253. The number of carbonyl (C=O) groups is 1. The molecule has 0 aliphatic carbocycles. The molecule has 0 radical (unpaired) electrons. The average Bonchev–Trinajstić information content (AvgIpc) is 3.06. The van der Waals surface area contributed by atoms with E-state index in [1.807, 2.05) is 0 Å². The molecular weight excluding hydrogens is 401 g/mol. The third-order valence-corrected chi connectivity index (χ3v) is 4.88. The standard InChI is InChI=1S/C18H19ClFN7O2/c19-12-8-23-9-13(15(12)29-11-1-4-22-5-2-11)25-18(28)14-16(21)26-27-6-3-10(7-20)24-17(14)27/h3,6,8-9,11,22H,1-2,4-5,7H2,(H2,21,26)(H,25,28). The van der Waals surface area contributed by atoms with Gasteiger partial charge in [-0.15, -0.1) is 5.10 Å². The molecule has 4 heterocycles. The van der Waals surface area contributed by atoms with E-state index in [0.29, 0.717) is 11.4 Å². The molecule has 0 bridgehead atoms. The van der Waals surface area contributed by atoms with Gasteiger partial charge >= 0.3 is 0 Å². The van der Waals surface area contributed by atoms with Gasteiger partial charge in [0.05, 0.1) is 11.9 Å². The first kappa shape index (κ1) is 19.3. The Balaban J connectivity index is 1.64. The third kappa shape index (κ3) is 3.94. The average molecular weight is 420 g/mol. The van der Waals surface area contributed by atoms with E-state index in [9.17, 15) is 9.18 Å². The van der Waals surface area contributed by atoms with E-state index < -0.39 is 12.6 Å². The van der Waals surface area contributed by atoms with Crippen LogP contribution in [0.2, 0.25) is 5.02 Å². The Morgan fingerprint density at radius 2 is 2.21 bits per heavy atom. The Bertz CT molecular complexity index is 1050. The van der Waals surface area contributed by atoms with Gasteiger partial charge in [-0.25, -0.2) is 13.9 Å². The second kappa shape index (κ2) is 8.18. The molecule has 0 saturated carbocycles. The number of pyridine rings is 1. The number of hydrogen-bond acceptors (Lipinski definition) is 7. The normalized spacial score (nSPS) is 14.8. The van der Waals surface area contributed by atoms with E-state index in [2.05, 4.69) is 25.7 Å². The topological polar surface area (TPSA) is 119 Å². The van der Waals surface area contributed by atoms with Crippen molar-refractivity contribution in [3.8, 4) is 5.75 Å². The van der Waals surface area contributed by atoms with Crippen LogP contribution in [0.5, 0.6) is 5.75 Å².